The molecule has 4 rings (SSSR count). The van der Waals surface area contributed by atoms with E-state index in [1.807, 2.05) is 26.8 Å². The standard InChI is InChI=1S/C26H31NO7/c1-15(2)11-19(28)18-7-8-20-22(24(18)31-4)25(29)32-14-17-12-16(3)13-21(23(17)33-20)34-26(30)27-9-5-6-10-27/h7-8,12-13,15,19,28H,5-6,9-11,14H2,1-4H3/t19-/m0/s1. The van der Waals surface area contributed by atoms with Gasteiger partial charge in [0.15, 0.2) is 11.5 Å². The summed E-state index contributed by atoms with van der Waals surface area (Å²) in [5, 5.41) is 10.7. The Morgan fingerprint density at radius 1 is 1.21 bits per heavy atom. The van der Waals surface area contributed by atoms with Crippen LogP contribution in [0.15, 0.2) is 24.3 Å². The number of nitrogens with zero attached hydrogens (tertiary/aromatic N) is 1. The van der Waals surface area contributed by atoms with Crippen molar-refractivity contribution in [1.82, 2.24) is 4.90 Å². The van der Waals surface area contributed by atoms with Crippen molar-refractivity contribution in [2.45, 2.75) is 52.7 Å². The zero-order valence-electron chi connectivity index (χ0n) is 20.1. The lowest BCUT2D eigenvalue weighted by Crippen LogP contribution is -2.30. The van der Waals surface area contributed by atoms with Gasteiger partial charge in [0.25, 0.3) is 0 Å². The van der Waals surface area contributed by atoms with E-state index in [0.717, 1.165) is 18.4 Å². The Morgan fingerprint density at radius 2 is 1.94 bits per heavy atom. The minimum atomic E-state index is -0.814. The third-order valence-corrected chi connectivity index (χ3v) is 6.02. The van der Waals surface area contributed by atoms with Crippen molar-refractivity contribution in [2.75, 3.05) is 20.2 Å². The van der Waals surface area contributed by atoms with E-state index in [1.165, 1.54) is 7.11 Å². The van der Waals surface area contributed by atoms with Crippen molar-refractivity contribution in [2.24, 2.45) is 5.92 Å². The van der Waals surface area contributed by atoms with E-state index in [4.69, 9.17) is 18.9 Å². The minimum absolute atomic E-state index is 0.0640. The Labute approximate surface area is 199 Å². The molecule has 182 valence electrons. The van der Waals surface area contributed by atoms with Crippen LogP contribution in [0.1, 0.15) is 66.3 Å². The zero-order chi connectivity index (χ0) is 24.4. The number of esters is 1. The van der Waals surface area contributed by atoms with Gasteiger partial charge in [-0.15, -0.1) is 0 Å². The predicted molar refractivity (Wildman–Crippen MR) is 125 cm³/mol. The highest BCUT2D eigenvalue weighted by atomic mass is 16.6. The molecular formula is C26H31NO7. The van der Waals surface area contributed by atoms with E-state index in [1.54, 1.807) is 23.1 Å². The van der Waals surface area contributed by atoms with Crippen LogP contribution in [0.2, 0.25) is 0 Å². The van der Waals surface area contributed by atoms with Crippen LogP contribution >= 0.6 is 0 Å². The molecule has 0 aromatic heterocycles. The Balaban J connectivity index is 1.75. The molecule has 1 fully saturated rings. The Hall–Kier alpha value is -3.26. The van der Waals surface area contributed by atoms with Gasteiger partial charge >= 0.3 is 12.1 Å². The molecule has 8 heteroatoms. The van der Waals surface area contributed by atoms with Crippen LogP contribution in [0.3, 0.4) is 0 Å². The normalized spacial score (nSPS) is 16.1. The SMILES string of the molecule is COc1c([C@@H](O)CC(C)C)ccc2c1C(=O)OCc1cc(C)cc(OC(=O)N3CCCC3)c1O2. The second-order valence-electron chi connectivity index (χ2n) is 9.20. The molecule has 0 radical (unpaired) electrons. The van der Waals surface area contributed by atoms with E-state index < -0.39 is 18.2 Å². The fraction of sp³-hybridized carbons (Fsp3) is 0.462. The molecule has 1 atom stereocenters. The third kappa shape index (κ3) is 4.82. The first kappa shape index (κ1) is 23.9. The van der Waals surface area contributed by atoms with Gasteiger partial charge in [0.2, 0.25) is 0 Å². The van der Waals surface area contributed by atoms with Crippen molar-refractivity contribution >= 4 is 12.1 Å². The van der Waals surface area contributed by atoms with Crippen molar-refractivity contribution in [3.63, 3.8) is 0 Å². The second kappa shape index (κ2) is 9.93. The average molecular weight is 470 g/mol. The minimum Gasteiger partial charge on any atom is -0.495 e. The quantitative estimate of drug-likeness (QED) is 0.606. The third-order valence-electron chi connectivity index (χ3n) is 6.02. The van der Waals surface area contributed by atoms with Gasteiger partial charge < -0.3 is 29.0 Å². The summed E-state index contributed by atoms with van der Waals surface area (Å²) in [5.74, 6) is 0.608. The highest BCUT2D eigenvalue weighted by Gasteiger charge is 2.31. The van der Waals surface area contributed by atoms with E-state index in [0.29, 0.717) is 36.4 Å². The topological polar surface area (TPSA) is 94.5 Å². The van der Waals surface area contributed by atoms with Crippen molar-refractivity contribution < 1.29 is 33.6 Å². The number of carbonyl (C=O) groups is 2. The van der Waals surface area contributed by atoms with Gasteiger partial charge in [-0.2, -0.15) is 0 Å². The molecule has 2 aromatic carbocycles. The number of aryl methyl sites for hydroxylation is 1. The fourth-order valence-corrected chi connectivity index (χ4v) is 4.41. The van der Waals surface area contributed by atoms with Gasteiger partial charge in [-0.05, 0) is 61.9 Å². The highest BCUT2D eigenvalue weighted by Crippen LogP contribution is 2.44. The van der Waals surface area contributed by atoms with Crippen molar-refractivity contribution in [3.8, 4) is 23.0 Å². The van der Waals surface area contributed by atoms with E-state index in [9.17, 15) is 14.7 Å². The molecule has 2 aromatic rings. The second-order valence-corrected chi connectivity index (χ2v) is 9.20. The smallest absolute Gasteiger partial charge is 0.415 e. The van der Waals surface area contributed by atoms with Crippen molar-refractivity contribution in [1.29, 1.82) is 0 Å². The lowest BCUT2D eigenvalue weighted by molar-refractivity contribution is 0.0453. The van der Waals surface area contributed by atoms with Gasteiger partial charge in [-0.1, -0.05) is 13.8 Å². The highest BCUT2D eigenvalue weighted by molar-refractivity contribution is 5.96. The molecule has 2 heterocycles. The molecule has 0 aliphatic carbocycles. The summed E-state index contributed by atoms with van der Waals surface area (Å²) in [4.78, 5) is 27.4. The Kier molecular flexibility index (Phi) is 6.97. The van der Waals surface area contributed by atoms with E-state index in [2.05, 4.69) is 0 Å². The van der Waals surface area contributed by atoms with Crippen molar-refractivity contribution in [3.05, 3.63) is 46.5 Å². The average Bonchev–Trinajstić information content (AvgIpc) is 3.32. The predicted octanol–water partition coefficient (Wildman–Crippen LogP) is 5.14. The molecule has 1 N–H and O–H groups in total. The number of ether oxygens (including phenoxy) is 4. The number of hydrogen-bond acceptors (Lipinski definition) is 7. The van der Waals surface area contributed by atoms with Gasteiger partial charge in [0.1, 0.15) is 23.7 Å². The summed E-state index contributed by atoms with van der Waals surface area (Å²) in [7, 11) is 1.44. The van der Waals surface area contributed by atoms with Gasteiger partial charge in [0.05, 0.1) is 13.2 Å². The van der Waals surface area contributed by atoms with E-state index in [-0.39, 0.29) is 35.3 Å². The molecule has 0 spiro atoms. The number of cyclic esters (lactones) is 1. The monoisotopic (exact) mass is 469 g/mol. The summed E-state index contributed by atoms with van der Waals surface area (Å²) in [5.41, 5.74) is 2.01. The molecule has 2 aliphatic heterocycles. The summed E-state index contributed by atoms with van der Waals surface area (Å²) < 4.78 is 23.1. The fourth-order valence-electron chi connectivity index (χ4n) is 4.41. The number of hydrogen-bond donors (Lipinski definition) is 1. The number of rotatable bonds is 5. The van der Waals surface area contributed by atoms with Crippen LogP contribution in [0.25, 0.3) is 0 Å². The number of benzene rings is 2. The number of carbonyl (C=O) groups excluding carboxylic acids is 2. The van der Waals surface area contributed by atoms with Gasteiger partial charge in [0, 0.05) is 24.2 Å². The maximum atomic E-state index is 13.0. The molecule has 34 heavy (non-hydrogen) atoms. The van der Waals surface area contributed by atoms with Crippen LogP contribution in [-0.4, -0.2) is 42.3 Å². The zero-order valence-corrected chi connectivity index (χ0v) is 20.1. The number of amides is 1. The van der Waals surface area contributed by atoms with Crippen LogP contribution < -0.4 is 14.2 Å². The lowest BCUT2D eigenvalue weighted by Gasteiger charge is -2.24. The van der Waals surface area contributed by atoms with Crippen LogP contribution in [-0.2, 0) is 11.3 Å². The number of aliphatic hydroxyl groups excluding tert-OH is 1. The summed E-state index contributed by atoms with van der Waals surface area (Å²) >= 11 is 0. The van der Waals surface area contributed by atoms with Crippen LogP contribution in [0, 0.1) is 12.8 Å². The van der Waals surface area contributed by atoms with Gasteiger partial charge in [-0.3, -0.25) is 0 Å². The lowest BCUT2D eigenvalue weighted by atomic mass is 9.96. The summed E-state index contributed by atoms with van der Waals surface area (Å²) in [6.45, 7) is 7.13. The molecule has 0 saturated carbocycles. The Morgan fingerprint density at radius 3 is 2.62 bits per heavy atom. The van der Waals surface area contributed by atoms with Gasteiger partial charge in [-0.25, -0.2) is 9.59 Å². The summed E-state index contributed by atoms with van der Waals surface area (Å²) in [6.07, 6.45) is 1.16. The summed E-state index contributed by atoms with van der Waals surface area (Å²) in [6, 6.07) is 6.86. The molecule has 1 saturated heterocycles. The number of methoxy groups -OCH3 is 1. The first-order chi connectivity index (χ1) is 16.3. The van der Waals surface area contributed by atoms with Crippen LogP contribution in [0.5, 0.6) is 23.0 Å². The Bertz CT molecular complexity index is 1090. The maximum Gasteiger partial charge on any atom is 0.415 e. The van der Waals surface area contributed by atoms with E-state index >= 15 is 0 Å². The molecular weight excluding hydrogens is 438 g/mol. The first-order valence-corrected chi connectivity index (χ1v) is 11.6. The molecule has 1 amide bonds. The molecule has 0 bridgehead atoms. The van der Waals surface area contributed by atoms with Crippen LogP contribution in [0.4, 0.5) is 4.79 Å². The number of likely N-dealkylation sites (tertiary alicyclic amines) is 1. The number of aliphatic hydroxyl groups is 1. The maximum absolute atomic E-state index is 13.0. The number of fused-ring (bicyclic) bond motifs is 2. The molecule has 2 aliphatic rings. The largest absolute Gasteiger partial charge is 0.495 e. The first-order valence-electron chi connectivity index (χ1n) is 11.6. The molecule has 0 unspecified atom stereocenters. The molecule has 8 nitrogen and oxygen atoms in total.